The minimum Gasteiger partial charge on any atom is -0.496 e. The standard InChI is InChI=1S/C20H31N5O2/c1-14(2)25(15(3)4)12-17-10-16(6-7-18(17)27-5)11-23-8-9-24-19(13-23)21-22-20(24)26/h6-7,10,14-15H,8-9,11-13H2,1-5H3,(H,22,26). The van der Waals surface area contributed by atoms with Gasteiger partial charge in [0.15, 0.2) is 0 Å². The van der Waals surface area contributed by atoms with Crippen LogP contribution in [0.5, 0.6) is 5.75 Å². The number of nitrogens with one attached hydrogen (secondary N) is 1. The first-order chi connectivity index (χ1) is 12.9. The fraction of sp³-hybridized carbons (Fsp3) is 0.600. The number of hydrogen-bond donors (Lipinski definition) is 1. The topological polar surface area (TPSA) is 66.4 Å². The summed E-state index contributed by atoms with van der Waals surface area (Å²) in [4.78, 5) is 16.5. The van der Waals surface area contributed by atoms with Gasteiger partial charge < -0.3 is 4.74 Å². The summed E-state index contributed by atoms with van der Waals surface area (Å²) in [7, 11) is 1.73. The lowest BCUT2D eigenvalue weighted by Gasteiger charge is -2.31. The monoisotopic (exact) mass is 373 g/mol. The molecule has 148 valence electrons. The normalized spacial score (nSPS) is 15.0. The highest BCUT2D eigenvalue weighted by Gasteiger charge is 2.21. The first-order valence-corrected chi connectivity index (χ1v) is 9.67. The summed E-state index contributed by atoms with van der Waals surface area (Å²) < 4.78 is 7.33. The second-order valence-electron chi connectivity index (χ2n) is 7.81. The summed E-state index contributed by atoms with van der Waals surface area (Å²) in [5, 5.41) is 6.67. The van der Waals surface area contributed by atoms with Gasteiger partial charge in [-0.15, -0.1) is 0 Å². The molecule has 0 spiro atoms. The second kappa shape index (κ2) is 8.27. The number of fused-ring (bicyclic) bond motifs is 1. The van der Waals surface area contributed by atoms with Gasteiger partial charge in [0.25, 0.3) is 0 Å². The molecule has 0 atom stereocenters. The van der Waals surface area contributed by atoms with E-state index in [4.69, 9.17) is 4.74 Å². The molecule has 0 saturated heterocycles. The molecule has 1 aliphatic rings. The van der Waals surface area contributed by atoms with Crippen molar-refractivity contribution in [2.24, 2.45) is 0 Å². The van der Waals surface area contributed by atoms with Gasteiger partial charge in [-0.1, -0.05) is 6.07 Å². The van der Waals surface area contributed by atoms with E-state index in [0.29, 0.717) is 25.2 Å². The van der Waals surface area contributed by atoms with Crippen molar-refractivity contribution in [3.05, 3.63) is 45.6 Å². The van der Waals surface area contributed by atoms with Crippen molar-refractivity contribution in [1.29, 1.82) is 0 Å². The molecule has 0 amide bonds. The lowest BCUT2D eigenvalue weighted by Crippen LogP contribution is -2.37. The van der Waals surface area contributed by atoms with Crippen molar-refractivity contribution in [2.45, 2.75) is 66.0 Å². The van der Waals surface area contributed by atoms with Crippen molar-refractivity contribution < 1.29 is 4.74 Å². The average Bonchev–Trinajstić information content (AvgIpc) is 2.99. The maximum absolute atomic E-state index is 11.7. The fourth-order valence-corrected chi connectivity index (χ4v) is 3.83. The van der Waals surface area contributed by atoms with Crippen molar-refractivity contribution in [3.63, 3.8) is 0 Å². The zero-order valence-electron chi connectivity index (χ0n) is 17.0. The van der Waals surface area contributed by atoms with E-state index in [2.05, 4.69) is 65.9 Å². The van der Waals surface area contributed by atoms with Gasteiger partial charge in [-0.05, 0) is 45.4 Å². The van der Waals surface area contributed by atoms with E-state index in [0.717, 1.165) is 31.2 Å². The van der Waals surface area contributed by atoms with Gasteiger partial charge in [0.2, 0.25) is 0 Å². The predicted octanol–water partition coefficient (Wildman–Crippen LogP) is 2.21. The Kier molecular flexibility index (Phi) is 6.01. The van der Waals surface area contributed by atoms with Gasteiger partial charge in [0.1, 0.15) is 11.6 Å². The summed E-state index contributed by atoms with van der Waals surface area (Å²) in [5.41, 5.74) is 2.36. The third-order valence-electron chi connectivity index (χ3n) is 5.27. The Bertz CT molecular complexity index is 816. The molecule has 2 heterocycles. The first-order valence-electron chi connectivity index (χ1n) is 9.67. The van der Waals surface area contributed by atoms with E-state index in [-0.39, 0.29) is 5.69 Å². The third kappa shape index (κ3) is 4.42. The van der Waals surface area contributed by atoms with Gasteiger partial charge >= 0.3 is 5.69 Å². The van der Waals surface area contributed by atoms with Crippen LogP contribution in [-0.4, -0.2) is 50.3 Å². The van der Waals surface area contributed by atoms with Gasteiger partial charge in [0.05, 0.1) is 13.7 Å². The Balaban J connectivity index is 1.76. The Morgan fingerprint density at radius 3 is 2.63 bits per heavy atom. The van der Waals surface area contributed by atoms with E-state index in [9.17, 15) is 4.79 Å². The average molecular weight is 374 g/mol. The van der Waals surface area contributed by atoms with Crippen LogP contribution in [0.2, 0.25) is 0 Å². The third-order valence-corrected chi connectivity index (χ3v) is 5.27. The lowest BCUT2D eigenvalue weighted by atomic mass is 10.1. The zero-order chi connectivity index (χ0) is 19.6. The van der Waals surface area contributed by atoms with Gasteiger partial charge in [-0.25, -0.2) is 9.89 Å². The number of ether oxygens (including phenoxy) is 1. The van der Waals surface area contributed by atoms with E-state index in [1.165, 1.54) is 11.1 Å². The largest absolute Gasteiger partial charge is 0.496 e. The SMILES string of the molecule is COc1ccc(CN2CCn3c(n[nH]c3=O)C2)cc1CN(C(C)C)C(C)C. The molecule has 27 heavy (non-hydrogen) atoms. The molecule has 0 bridgehead atoms. The molecule has 7 nitrogen and oxygen atoms in total. The molecule has 1 N–H and O–H groups in total. The van der Waals surface area contributed by atoms with Crippen LogP contribution >= 0.6 is 0 Å². The number of hydrogen-bond acceptors (Lipinski definition) is 5. The Labute approximate surface area is 160 Å². The van der Waals surface area contributed by atoms with Crippen LogP contribution in [0.15, 0.2) is 23.0 Å². The van der Waals surface area contributed by atoms with Crippen LogP contribution in [0, 0.1) is 0 Å². The summed E-state index contributed by atoms with van der Waals surface area (Å²) in [5.74, 6) is 1.75. The summed E-state index contributed by atoms with van der Waals surface area (Å²) in [6.45, 7) is 12.8. The Morgan fingerprint density at radius 2 is 1.96 bits per heavy atom. The molecule has 1 aliphatic heterocycles. The number of aromatic amines is 1. The molecular formula is C20H31N5O2. The Hall–Kier alpha value is -2.12. The molecule has 1 aromatic carbocycles. The van der Waals surface area contributed by atoms with Crippen molar-refractivity contribution in [1.82, 2.24) is 24.6 Å². The zero-order valence-corrected chi connectivity index (χ0v) is 17.0. The van der Waals surface area contributed by atoms with E-state index in [1.807, 2.05) is 0 Å². The number of H-pyrrole nitrogens is 1. The highest BCUT2D eigenvalue weighted by atomic mass is 16.5. The van der Waals surface area contributed by atoms with Gasteiger partial charge in [-0.2, -0.15) is 5.10 Å². The van der Waals surface area contributed by atoms with Gasteiger partial charge in [0, 0.05) is 43.8 Å². The predicted molar refractivity (Wildman–Crippen MR) is 106 cm³/mol. The number of benzene rings is 1. The van der Waals surface area contributed by atoms with Crippen LogP contribution in [0.1, 0.15) is 44.6 Å². The summed E-state index contributed by atoms with van der Waals surface area (Å²) in [6, 6.07) is 7.39. The van der Waals surface area contributed by atoms with E-state index in [1.54, 1.807) is 11.7 Å². The van der Waals surface area contributed by atoms with Crippen LogP contribution in [-0.2, 0) is 26.2 Å². The van der Waals surface area contributed by atoms with E-state index < -0.39 is 0 Å². The number of methoxy groups -OCH3 is 1. The molecule has 1 aromatic heterocycles. The summed E-state index contributed by atoms with van der Waals surface area (Å²) >= 11 is 0. The van der Waals surface area contributed by atoms with E-state index >= 15 is 0 Å². The number of nitrogens with zero attached hydrogens (tertiary/aromatic N) is 4. The first kappa shape index (κ1) is 19.6. The van der Waals surface area contributed by atoms with Crippen molar-refractivity contribution >= 4 is 0 Å². The number of aromatic nitrogens is 3. The molecule has 0 fully saturated rings. The fourth-order valence-electron chi connectivity index (χ4n) is 3.83. The molecule has 2 aromatic rings. The maximum atomic E-state index is 11.7. The number of rotatable bonds is 7. The van der Waals surface area contributed by atoms with Crippen molar-refractivity contribution in [3.8, 4) is 5.75 Å². The highest BCUT2D eigenvalue weighted by Crippen LogP contribution is 2.25. The Morgan fingerprint density at radius 1 is 1.22 bits per heavy atom. The smallest absolute Gasteiger partial charge is 0.343 e. The summed E-state index contributed by atoms with van der Waals surface area (Å²) in [6.07, 6.45) is 0. The lowest BCUT2D eigenvalue weighted by molar-refractivity contribution is 0.164. The quantitative estimate of drug-likeness (QED) is 0.806. The van der Waals surface area contributed by atoms with Gasteiger partial charge in [-0.3, -0.25) is 14.4 Å². The second-order valence-corrected chi connectivity index (χ2v) is 7.81. The molecule has 0 unspecified atom stereocenters. The van der Waals surface area contributed by atoms with Crippen LogP contribution < -0.4 is 10.4 Å². The maximum Gasteiger partial charge on any atom is 0.343 e. The highest BCUT2D eigenvalue weighted by molar-refractivity contribution is 5.37. The molecule has 0 saturated carbocycles. The molecule has 3 rings (SSSR count). The van der Waals surface area contributed by atoms with Crippen LogP contribution in [0.25, 0.3) is 0 Å². The molecular weight excluding hydrogens is 342 g/mol. The van der Waals surface area contributed by atoms with Crippen LogP contribution in [0.3, 0.4) is 0 Å². The minimum atomic E-state index is -0.112. The minimum absolute atomic E-state index is 0.112. The van der Waals surface area contributed by atoms with Crippen molar-refractivity contribution in [2.75, 3.05) is 13.7 Å². The molecule has 0 aliphatic carbocycles. The molecule has 0 radical (unpaired) electrons. The molecule has 7 heteroatoms. The van der Waals surface area contributed by atoms with Crippen LogP contribution in [0.4, 0.5) is 0 Å².